The lowest BCUT2D eigenvalue weighted by Crippen LogP contribution is -2.27. The van der Waals surface area contributed by atoms with E-state index in [1.54, 1.807) is 11.3 Å². The molecule has 0 spiro atoms. The Bertz CT molecular complexity index is 433. The largest absolute Gasteiger partial charge is 0.342 e. The molecular weight excluding hydrogens is 280 g/mol. The molecule has 1 aliphatic heterocycles. The van der Waals surface area contributed by atoms with Crippen LogP contribution >= 0.6 is 22.9 Å². The predicted octanol–water partition coefficient (Wildman–Crippen LogP) is 3.32. The number of hydrogen-bond donors (Lipinski definition) is 0. The SMILES string of the molecule is CC(C)C1CC(=O)N(CCCc2nc(CCl)cs2)C1. The number of likely N-dealkylation sites (tertiary alicyclic amines) is 1. The summed E-state index contributed by atoms with van der Waals surface area (Å²) in [4.78, 5) is 18.3. The number of halogens is 1. The van der Waals surface area contributed by atoms with Crippen molar-refractivity contribution in [1.29, 1.82) is 0 Å². The Hall–Kier alpha value is -0.610. The van der Waals surface area contributed by atoms with Crippen LogP contribution in [0.5, 0.6) is 0 Å². The quantitative estimate of drug-likeness (QED) is 0.755. The average Bonchev–Trinajstić information content (AvgIpc) is 2.97. The maximum Gasteiger partial charge on any atom is 0.222 e. The van der Waals surface area contributed by atoms with Crippen LogP contribution in [0.15, 0.2) is 5.38 Å². The van der Waals surface area contributed by atoms with Crippen molar-refractivity contribution in [3.8, 4) is 0 Å². The molecule has 0 radical (unpaired) electrons. The van der Waals surface area contributed by atoms with Crippen LogP contribution in [0.25, 0.3) is 0 Å². The molecule has 19 heavy (non-hydrogen) atoms. The van der Waals surface area contributed by atoms with E-state index >= 15 is 0 Å². The molecule has 1 aromatic rings. The van der Waals surface area contributed by atoms with Crippen LogP contribution in [0.3, 0.4) is 0 Å². The van der Waals surface area contributed by atoms with E-state index in [9.17, 15) is 4.79 Å². The van der Waals surface area contributed by atoms with E-state index in [-0.39, 0.29) is 0 Å². The van der Waals surface area contributed by atoms with E-state index in [4.69, 9.17) is 11.6 Å². The summed E-state index contributed by atoms with van der Waals surface area (Å²) in [5.41, 5.74) is 0.957. The summed E-state index contributed by atoms with van der Waals surface area (Å²) in [6, 6.07) is 0. The van der Waals surface area contributed by atoms with E-state index in [1.807, 2.05) is 10.3 Å². The Morgan fingerprint density at radius 1 is 1.58 bits per heavy atom. The lowest BCUT2D eigenvalue weighted by Gasteiger charge is -2.17. The van der Waals surface area contributed by atoms with Crippen LogP contribution < -0.4 is 0 Å². The van der Waals surface area contributed by atoms with Crippen LogP contribution in [-0.2, 0) is 17.1 Å². The third kappa shape index (κ3) is 3.93. The third-order valence-electron chi connectivity index (χ3n) is 3.74. The van der Waals surface area contributed by atoms with Crippen LogP contribution in [0, 0.1) is 11.8 Å². The van der Waals surface area contributed by atoms with Gasteiger partial charge in [-0.25, -0.2) is 4.98 Å². The van der Waals surface area contributed by atoms with Gasteiger partial charge >= 0.3 is 0 Å². The number of aromatic nitrogens is 1. The second-order valence-electron chi connectivity index (χ2n) is 5.52. The molecule has 1 atom stereocenters. The molecule has 1 unspecified atom stereocenters. The Morgan fingerprint density at radius 3 is 2.95 bits per heavy atom. The maximum atomic E-state index is 11.9. The summed E-state index contributed by atoms with van der Waals surface area (Å²) >= 11 is 7.40. The van der Waals surface area contributed by atoms with Gasteiger partial charge in [0.2, 0.25) is 5.91 Å². The molecule has 0 bridgehead atoms. The van der Waals surface area contributed by atoms with Gasteiger partial charge in [0.25, 0.3) is 0 Å². The Morgan fingerprint density at radius 2 is 2.37 bits per heavy atom. The average molecular weight is 301 g/mol. The van der Waals surface area contributed by atoms with Crippen molar-refractivity contribution in [3.05, 3.63) is 16.1 Å². The van der Waals surface area contributed by atoms with Crippen LogP contribution in [0.2, 0.25) is 0 Å². The molecule has 0 N–H and O–H groups in total. The number of thiazole rings is 1. The molecule has 3 nitrogen and oxygen atoms in total. The van der Waals surface area contributed by atoms with Crippen molar-refractivity contribution in [1.82, 2.24) is 9.88 Å². The van der Waals surface area contributed by atoms with Crippen LogP contribution in [0.1, 0.15) is 37.4 Å². The zero-order valence-corrected chi connectivity index (χ0v) is 13.1. The molecule has 1 aliphatic rings. The fourth-order valence-electron chi connectivity index (χ4n) is 2.41. The van der Waals surface area contributed by atoms with Crippen molar-refractivity contribution in [2.24, 2.45) is 11.8 Å². The van der Waals surface area contributed by atoms with Crippen molar-refractivity contribution in [2.75, 3.05) is 13.1 Å². The number of carbonyl (C=O) groups is 1. The Balaban J connectivity index is 1.75. The van der Waals surface area contributed by atoms with Gasteiger partial charge in [-0.3, -0.25) is 4.79 Å². The van der Waals surface area contributed by atoms with E-state index < -0.39 is 0 Å². The topological polar surface area (TPSA) is 33.2 Å². The Kier molecular flexibility index (Phi) is 5.22. The molecule has 2 rings (SSSR count). The van der Waals surface area contributed by atoms with Crippen molar-refractivity contribution < 1.29 is 4.79 Å². The van der Waals surface area contributed by atoms with Gasteiger partial charge in [-0.1, -0.05) is 13.8 Å². The van der Waals surface area contributed by atoms with Gasteiger partial charge in [-0.2, -0.15) is 0 Å². The van der Waals surface area contributed by atoms with Gasteiger partial charge in [0.1, 0.15) is 0 Å². The highest BCUT2D eigenvalue weighted by Gasteiger charge is 2.30. The van der Waals surface area contributed by atoms with Crippen LogP contribution in [0.4, 0.5) is 0 Å². The van der Waals surface area contributed by atoms with Gasteiger partial charge in [0, 0.05) is 31.3 Å². The number of hydrogen-bond acceptors (Lipinski definition) is 3. The van der Waals surface area contributed by atoms with Gasteiger partial charge in [0.15, 0.2) is 0 Å². The summed E-state index contributed by atoms with van der Waals surface area (Å²) in [5.74, 6) is 1.94. The van der Waals surface area contributed by atoms with Gasteiger partial charge in [0.05, 0.1) is 16.6 Å². The highest BCUT2D eigenvalue weighted by Crippen LogP contribution is 2.25. The van der Waals surface area contributed by atoms with E-state index in [0.717, 1.165) is 43.1 Å². The number of nitrogens with zero attached hydrogens (tertiary/aromatic N) is 2. The fraction of sp³-hybridized carbons (Fsp3) is 0.714. The molecule has 106 valence electrons. The maximum absolute atomic E-state index is 11.9. The number of amides is 1. The van der Waals surface area contributed by atoms with E-state index in [1.165, 1.54) is 0 Å². The Labute approximate surface area is 124 Å². The molecule has 1 saturated heterocycles. The summed E-state index contributed by atoms with van der Waals surface area (Å²) in [6.07, 6.45) is 2.66. The first kappa shape index (κ1) is 14.8. The molecule has 2 heterocycles. The summed E-state index contributed by atoms with van der Waals surface area (Å²) in [7, 11) is 0. The minimum absolute atomic E-state index is 0.319. The predicted molar refractivity (Wildman–Crippen MR) is 79.5 cm³/mol. The monoisotopic (exact) mass is 300 g/mol. The highest BCUT2D eigenvalue weighted by molar-refractivity contribution is 7.09. The highest BCUT2D eigenvalue weighted by atomic mass is 35.5. The molecule has 1 fully saturated rings. The zero-order chi connectivity index (χ0) is 13.8. The van der Waals surface area contributed by atoms with E-state index in [0.29, 0.717) is 23.6 Å². The zero-order valence-electron chi connectivity index (χ0n) is 11.6. The molecule has 0 saturated carbocycles. The molecule has 1 aromatic heterocycles. The normalized spacial score (nSPS) is 19.7. The van der Waals surface area contributed by atoms with Crippen LogP contribution in [-0.4, -0.2) is 28.9 Å². The van der Waals surface area contributed by atoms with E-state index in [2.05, 4.69) is 18.8 Å². The first-order valence-corrected chi connectivity index (χ1v) is 8.28. The van der Waals surface area contributed by atoms with Gasteiger partial charge < -0.3 is 4.90 Å². The number of aryl methyl sites for hydroxylation is 1. The summed E-state index contributed by atoms with van der Waals surface area (Å²) < 4.78 is 0. The minimum atomic E-state index is 0.319. The standard InChI is InChI=1S/C14H21ClN2OS/c1-10(2)11-6-14(18)17(8-11)5-3-4-13-16-12(7-15)9-19-13/h9-11H,3-8H2,1-2H3. The number of alkyl halides is 1. The smallest absolute Gasteiger partial charge is 0.222 e. The third-order valence-corrected chi connectivity index (χ3v) is 4.97. The van der Waals surface area contributed by atoms with Crippen molar-refractivity contribution in [3.63, 3.8) is 0 Å². The first-order valence-electron chi connectivity index (χ1n) is 6.87. The minimum Gasteiger partial charge on any atom is -0.342 e. The molecular formula is C14H21ClN2OS. The molecule has 1 amide bonds. The van der Waals surface area contributed by atoms with Crippen molar-refractivity contribution in [2.45, 2.75) is 39.0 Å². The fourth-order valence-corrected chi connectivity index (χ4v) is 3.48. The summed E-state index contributed by atoms with van der Waals surface area (Å²) in [5, 5.41) is 3.14. The number of carbonyl (C=O) groups excluding carboxylic acids is 1. The molecule has 0 aromatic carbocycles. The second kappa shape index (κ2) is 6.71. The molecule has 0 aliphatic carbocycles. The molecule has 5 heteroatoms. The second-order valence-corrected chi connectivity index (χ2v) is 6.73. The van der Waals surface area contributed by atoms with Gasteiger partial charge in [-0.15, -0.1) is 22.9 Å². The summed E-state index contributed by atoms with van der Waals surface area (Å²) in [6.45, 7) is 6.19. The first-order chi connectivity index (χ1) is 9.10. The number of rotatable bonds is 6. The lowest BCUT2D eigenvalue weighted by atomic mass is 9.95. The lowest BCUT2D eigenvalue weighted by molar-refractivity contribution is -0.127. The van der Waals surface area contributed by atoms with Crippen molar-refractivity contribution >= 4 is 28.8 Å². The van der Waals surface area contributed by atoms with Gasteiger partial charge in [-0.05, 0) is 18.3 Å².